The van der Waals surface area contributed by atoms with Crippen molar-refractivity contribution >= 4 is 27.5 Å². The van der Waals surface area contributed by atoms with Crippen LogP contribution in [0.25, 0.3) is 10.2 Å². The number of piperidine rings is 1. The van der Waals surface area contributed by atoms with Gasteiger partial charge in [0.25, 0.3) is 0 Å². The van der Waals surface area contributed by atoms with Gasteiger partial charge in [-0.25, -0.2) is 9.37 Å². The van der Waals surface area contributed by atoms with Gasteiger partial charge in [-0.05, 0) is 36.1 Å². The lowest BCUT2D eigenvalue weighted by atomic mass is 9.88. The van der Waals surface area contributed by atoms with Crippen LogP contribution in [0, 0.1) is 5.82 Å². The number of fused-ring (bicyclic) bond motifs is 2. The van der Waals surface area contributed by atoms with Crippen LogP contribution in [0.15, 0.2) is 42.5 Å². The Morgan fingerprint density at radius 3 is 2.86 bits per heavy atom. The number of thiazole rings is 1. The summed E-state index contributed by atoms with van der Waals surface area (Å²) in [7, 11) is 0. The molecular weight excluding hydrogens is 373 g/mol. The maximum atomic E-state index is 13.4. The van der Waals surface area contributed by atoms with E-state index in [0.717, 1.165) is 47.7 Å². The fraction of sp³-hybridized carbons (Fsp3) is 0.364. The lowest BCUT2D eigenvalue weighted by Crippen LogP contribution is -2.44. The highest BCUT2D eigenvalue weighted by atomic mass is 32.1. The summed E-state index contributed by atoms with van der Waals surface area (Å²) in [5, 5.41) is 4.45. The maximum Gasteiger partial charge on any atom is 0.231 e. The van der Waals surface area contributed by atoms with Gasteiger partial charge in [-0.3, -0.25) is 4.79 Å². The van der Waals surface area contributed by atoms with Crippen LogP contribution in [0.2, 0.25) is 0 Å². The summed E-state index contributed by atoms with van der Waals surface area (Å²) in [4.78, 5) is 19.8. The van der Waals surface area contributed by atoms with Crippen LogP contribution in [0.5, 0.6) is 0 Å². The first kappa shape index (κ1) is 17.8. The summed E-state index contributed by atoms with van der Waals surface area (Å²) in [6.45, 7) is 3.05. The Kier molecular flexibility index (Phi) is 4.61. The summed E-state index contributed by atoms with van der Waals surface area (Å²) < 4.78 is 14.5. The summed E-state index contributed by atoms with van der Waals surface area (Å²) in [6, 6.07) is 13.0. The molecule has 1 amide bonds. The van der Waals surface area contributed by atoms with Crippen molar-refractivity contribution in [3.63, 3.8) is 0 Å². The number of hydrogen-bond donors (Lipinski definition) is 1. The number of nitrogens with zero attached hydrogens (tertiary/aromatic N) is 2. The van der Waals surface area contributed by atoms with E-state index in [0.29, 0.717) is 12.5 Å². The van der Waals surface area contributed by atoms with E-state index >= 15 is 0 Å². The predicted molar refractivity (Wildman–Crippen MR) is 109 cm³/mol. The quantitative estimate of drug-likeness (QED) is 0.713. The van der Waals surface area contributed by atoms with Gasteiger partial charge >= 0.3 is 0 Å². The number of likely N-dealkylation sites (tertiary alicyclic amines) is 1. The molecule has 0 radical (unpaired) electrons. The van der Waals surface area contributed by atoms with E-state index < -0.39 is 0 Å². The summed E-state index contributed by atoms with van der Waals surface area (Å²) in [6.07, 6.45) is 1.83. The van der Waals surface area contributed by atoms with Crippen LogP contribution in [-0.2, 0) is 11.3 Å². The molecule has 3 aromatic rings. The van der Waals surface area contributed by atoms with E-state index in [1.165, 1.54) is 23.3 Å². The Hall–Kier alpha value is -2.31. The number of hydrogen-bond acceptors (Lipinski definition) is 4. The Morgan fingerprint density at radius 2 is 2.00 bits per heavy atom. The van der Waals surface area contributed by atoms with Gasteiger partial charge in [-0.1, -0.05) is 24.3 Å². The van der Waals surface area contributed by atoms with Crippen molar-refractivity contribution in [3.8, 4) is 0 Å². The molecule has 1 saturated heterocycles. The van der Waals surface area contributed by atoms with Crippen molar-refractivity contribution in [1.82, 2.24) is 15.2 Å². The van der Waals surface area contributed by atoms with Gasteiger partial charge in [0.2, 0.25) is 5.91 Å². The Bertz CT molecular complexity index is 1030. The number of nitrogens with one attached hydrogen (secondary N) is 1. The highest BCUT2D eigenvalue weighted by molar-refractivity contribution is 7.18. The number of carbonyl (C=O) groups excluding carboxylic acids is 1. The molecule has 6 heteroatoms. The average Bonchev–Trinajstić information content (AvgIpc) is 3.16. The first-order valence-corrected chi connectivity index (χ1v) is 10.6. The topological polar surface area (TPSA) is 45.2 Å². The molecule has 1 N–H and O–H groups in total. The molecule has 0 bridgehead atoms. The fourth-order valence-corrected chi connectivity index (χ4v) is 5.49. The SMILES string of the molecule is O=C(C1CNCc2ccccc21)N1CCC(c2nc3cc(F)ccc3s2)CC1. The predicted octanol–water partition coefficient (Wildman–Crippen LogP) is 4.03. The van der Waals surface area contributed by atoms with Crippen molar-refractivity contribution in [2.24, 2.45) is 0 Å². The molecule has 2 aromatic carbocycles. The van der Waals surface area contributed by atoms with Gasteiger partial charge in [0.15, 0.2) is 0 Å². The lowest BCUT2D eigenvalue weighted by molar-refractivity contribution is -0.134. The van der Waals surface area contributed by atoms with Gasteiger partial charge in [-0.2, -0.15) is 0 Å². The van der Waals surface area contributed by atoms with Crippen molar-refractivity contribution in [1.29, 1.82) is 0 Å². The number of halogens is 1. The molecule has 2 aliphatic rings. The second kappa shape index (κ2) is 7.26. The zero-order valence-corrected chi connectivity index (χ0v) is 16.3. The second-order valence-electron chi connectivity index (χ2n) is 7.65. The molecule has 0 saturated carbocycles. The van der Waals surface area contributed by atoms with Crippen molar-refractivity contribution in [2.45, 2.75) is 31.2 Å². The molecule has 144 valence electrons. The van der Waals surface area contributed by atoms with Crippen LogP contribution in [0.3, 0.4) is 0 Å². The maximum absolute atomic E-state index is 13.4. The van der Waals surface area contributed by atoms with Gasteiger partial charge in [0.1, 0.15) is 5.82 Å². The first-order valence-electron chi connectivity index (χ1n) is 9.82. The third-order valence-electron chi connectivity index (χ3n) is 5.91. The second-order valence-corrected chi connectivity index (χ2v) is 8.71. The van der Waals surface area contributed by atoms with E-state index in [9.17, 15) is 9.18 Å². The zero-order valence-electron chi connectivity index (χ0n) is 15.5. The van der Waals surface area contributed by atoms with Crippen molar-refractivity contribution in [3.05, 3.63) is 64.4 Å². The zero-order chi connectivity index (χ0) is 19.1. The molecule has 2 aliphatic heterocycles. The summed E-state index contributed by atoms with van der Waals surface area (Å²) in [5.74, 6) is 0.240. The molecule has 5 rings (SSSR count). The third kappa shape index (κ3) is 3.20. The van der Waals surface area contributed by atoms with Crippen LogP contribution in [0.1, 0.15) is 40.8 Å². The molecule has 4 nitrogen and oxygen atoms in total. The molecule has 3 heterocycles. The molecule has 1 aromatic heterocycles. The van der Waals surface area contributed by atoms with E-state index in [2.05, 4.69) is 22.4 Å². The monoisotopic (exact) mass is 395 g/mol. The van der Waals surface area contributed by atoms with Crippen LogP contribution in [-0.4, -0.2) is 35.4 Å². The molecule has 0 spiro atoms. The third-order valence-corrected chi connectivity index (χ3v) is 7.11. The largest absolute Gasteiger partial charge is 0.342 e. The highest BCUT2D eigenvalue weighted by Crippen LogP contribution is 2.35. The normalized spacial score (nSPS) is 20.3. The van der Waals surface area contributed by atoms with Crippen molar-refractivity contribution in [2.75, 3.05) is 19.6 Å². The summed E-state index contributed by atoms with van der Waals surface area (Å²) in [5.41, 5.74) is 3.13. The molecular formula is C22H22FN3OS. The lowest BCUT2D eigenvalue weighted by Gasteiger charge is -2.35. The number of rotatable bonds is 2. The minimum absolute atomic E-state index is 0.0908. The minimum atomic E-state index is -0.244. The Morgan fingerprint density at radius 1 is 1.18 bits per heavy atom. The smallest absolute Gasteiger partial charge is 0.231 e. The van der Waals surface area contributed by atoms with Crippen LogP contribution >= 0.6 is 11.3 Å². The minimum Gasteiger partial charge on any atom is -0.342 e. The number of benzene rings is 2. The van der Waals surface area contributed by atoms with Gasteiger partial charge in [0, 0.05) is 38.2 Å². The van der Waals surface area contributed by atoms with E-state index in [-0.39, 0.29) is 17.6 Å². The number of amides is 1. The number of aromatic nitrogens is 1. The van der Waals surface area contributed by atoms with Crippen molar-refractivity contribution < 1.29 is 9.18 Å². The van der Waals surface area contributed by atoms with E-state index in [1.54, 1.807) is 17.4 Å². The standard InChI is InChI=1S/C22H22FN3OS/c23-16-5-6-20-19(11-16)25-21(28-20)14-7-9-26(10-8-14)22(27)18-13-24-12-15-3-1-2-4-17(15)18/h1-6,11,14,18,24H,7-10,12-13H2. The van der Waals surface area contributed by atoms with Crippen LogP contribution < -0.4 is 5.32 Å². The van der Waals surface area contributed by atoms with Gasteiger partial charge in [0.05, 0.1) is 21.1 Å². The molecule has 1 fully saturated rings. The Balaban J connectivity index is 1.28. The van der Waals surface area contributed by atoms with Gasteiger partial charge in [-0.15, -0.1) is 11.3 Å². The molecule has 28 heavy (non-hydrogen) atoms. The fourth-order valence-electron chi connectivity index (χ4n) is 4.38. The van der Waals surface area contributed by atoms with E-state index in [1.807, 2.05) is 17.0 Å². The molecule has 1 atom stereocenters. The summed E-state index contributed by atoms with van der Waals surface area (Å²) >= 11 is 1.65. The number of carbonyl (C=O) groups is 1. The van der Waals surface area contributed by atoms with Gasteiger partial charge < -0.3 is 10.2 Å². The molecule has 0 aliphatic carbocycles. The van der Waals surface area contributed by atoms with E-state index in [4.69, 9.17) is 0 Å². The molecule has 1 unspecified atom stereocenters. The first-order chi connectivity index (χ1) is 13.7. The average molecular weight is 396 g/mol. The highest BCUT2D eigenvalue weighted by Gasteiger charge is 2.32. The van der Waals surface area contributed by atoms with Crippen LogP contribution in [0.4, 0.5) is 4.39 Å². The Labute approximate surface area is 167 Å².